The van der Waals surface area contributed by atoms with Crippen LogP contribution in [0, 0.1) is 11.7 Å². The van der Waals surface area contributed by atoms with Crippen molar-refractivity contribution in [3.8, 4) is 0 Å². The second kappa shape index (κ2) is 4.29. The first kappa shape index (κ1) is 10.6. The van der Waals surface area contributed by atoms with Crippen LogP contribution in [0.4, 0.5) is 4.39 Å². The molecule has 1 fully saturated rings. The molecule has 2 nitrogen and oxygen atoms in total. The van der Waals surface area contributed by atoms with Gasteiger partial charge in [0.1, 0.15) is 5.82 Å². The summed E-state index contributed by atoms with van der Waals surface area (Å²) in [5, 5.41) is 0. The summed E-state index contributed by atoms with van der Waals surface area (Å²) in [5.74, 6) is 0.122. The van der Waals surface area contributed by atoms with E-state index in [4.69, 9.17) is 10.5 Å². The zero-order valence-corrected chi connectivity index (χ0v) is 8.82. The summed E-state index contributed by atoms with van der Waals surface area (Å²) < 4.78 is 18.2. The molecule has 3 atom stereocenters. The van der Waals surface area contributed by atoms with Crippen LogP contribution in [0.5, 0.6) is 0 Å². The maximum absolute atomic E-state index is 12.7. The SMILES string of the molecule is CC1OCCC1C(N)c1ccc(F)cc1. The maximum Gasteiger partial charge on any atom is 0.123 e. The molecule has 0 aromatic heterocycles. The molecule has 1 heterocycles. The van der Waals surface area contributed by atoms with Crippen LogP contribution in [0.25, 0.3) is 0 Å². The fourth-order valence-corrected chi connectivity index (χ4v) is 2.15. The Labute approximate surface area is 89.2 Å². The van der Waals surface area contributed by atoms with Crippen molar-refractivity contribution in [2.24, 2.45) is 11.7 Å². The number of hydrogen-bond donors (Lipinski definition) is 1. The quantitative estimate of drug-likeness (QED) is 0.810. The number of halogens is 1. The Kier molecular flexibility index (Phi) is 3.03. The highest BCUT2D eigenvalue weighted by Crippen LogP contribution is 2.31. The fourth-order valence-electron chi connectivity index (χ4n) is 2.15. The molecule has 3 heteroatoms. The van der Waals surface area contributed by atoms with Crippen LogP contribution in [0.2, 0.25) is 0 Å². The first-order valence-electron chi connectivity index (χ1n) is 5.31. The van der Waals surface area contributed by atoms with Crippen LogP contribution < -0.4 is 5.73 Å². The largest absolute Gasteiger partial charge is 0.378 e. The lowest BCUT2D eigenvalue weighted by Crippen LogP contribution is -2.26. The van der Waals surface area contributed by atoms with E-state index in [0.29, 0.717) is 5.92 Å². The van der Waals surface area contributed by atoms with E-state index >= 15 is 0 Å². The van der Waals surface area contributed by atoms with Gasteiger partial charge in [0, 0.05) is 18.6 Å². The van der Waals surface area contributed by atoms with Gasteiger partial charge in [-0.1, -0.05) is 12.1 Å². The molecule has 0 bridgehead atoms. The summed E-state index contributed by atoms with van der Waals surface area (Å²) in [5.41, 5.74) is 7.12. The van der Waals surface area contributed by atoms with Gasteiger partial charge in [0.15, 0.2) is 0 Å². The van der Waals surface area contributed by atoms with E-state index < -0.39 is 0 Å². The summed E-state index contributed by atoms with van der Waals surface area (Å²) in [6.07, 6.45) is 1.18. The average Bonchev–Trinajstić information content (AvgIpc) is 2.65. The molecule has 1 aromatic carbocycles. The normalized spacial score (nSPS) is 27.9. The minimum absolute atomic E-state index is 0.0527. The molecular weight excluding hydrogens is 193 g/mol. The molecule has 0 spiro atoms. The van der Waals surface area contributed by atoms with E-state index in [0.717, 1.165) is 18.6 Å². The van der Waals surface area contributed by atoms with Crippen LogP contribution >= 0.6 is 0 Å². The van der Waals surface area contributed by atoms with E-state index in [2.05, 4.69) is 0 Å². The molecule has 0 aliphatic carbocycles. The molecule has 2 N–H and O–H groups in total. The van der Waals surface area contributed by atoms with Crippen molar-refractivity contribution in [1.82, 2.24) is 0 Å². The Balaban J connectivity index is 2.13. The fraction of sp³-hybridized carbons (Fsp3) is 0.500. The van der Waals surface area contributed by atoms with Crippen LogP contribution in [0.15, 0.2) is 24.3 Å². The Hall–Kier alpha value is -0.930. The molecule has 1 aromatic rings. The van der Waals surface area contributed by atoms with Crippen LogP contribution in [0.1, 0.15) is 24.9 Å². The molecule has 1 aliphatic heterocycles. The first-order valence-corrected chi connectivity index (χ1v) is 5.31. The number of benzene rings is 1. The molecular formula is C12H16FNO. The van der Waals surface area contributed by atoms with Crippen molar-refractivity contribution >= 4 is 0 Å². The molecule has 82 valence electrons. The van der Waals surface area contributed by atoms with Crippen molar-refractivity contribution in [2.75, 3.05) is 6.61 Å². The summed E-state index contributed by atoms with van der Waals surface area (Å²) in [7, 11) is 0. The number of rotatable bonds is 2. The lowest BCUT2D eigenvalue weighted by Gasteiger charge is -2.22. The van der Waals surface area contributed by atoms with Crippen molar-refractivity contribution in [3.63, 3.8) is 0 Å². The van der Waals surface area contributed by atoms with Gasteiger partial charge < -0.3 is 10.5 Å². The Morgan fingerprint density at radius 3 is 2.60 bits per heavy atom. The second-order valence-electron chi connectivity index (χ2n) is 4.11. The molecule has 1 saturated heterocycles. The molecule has 1 aliphatic rings. The topological polar surface area (TPSA) is 35.2 Å². The van der Waals surface area contributed by atoms with Crippen molar-refractivity contribution in [3.05, 3.63) is 35.6 Å². The molecule has 3 unspecified atom stereocenters. The zero-order valence-electron chi connectivity index (χ0n) is 8.82. The van der Waals surface area contributed by atoms with Gasteiger partial charge in [-0.3, -0.25) is 0 Å². The smallest absolute Gasteiger partial charge is 0.123 e. The van der Waals surface area contributed by atoms with Gasteiger partial charge in [0.25, 0.3) is 0 Å². The summed E-state index contributed by atoms with van der Waals surface area (Å²) in [6, 6.07) is 6.37. The molecule has 2 rings (SSSR count). The summed E-state index contributed by atoms with van der Waals surface area (Å²) >= 11 is 0. The van der Waals surface area contributed by atoms with E-state index in [9.17, 15) is 4.39 Å². The standard InChI is InChI=1S/C12H16FNO/c1-8-11(6-7-15-8)12(14)9-2-4-10(13)5-3-9/h2-5,8,11-12H,6-7,14H2,1H3. The van der Waals surface area contributed by atoms with Crippen molar-refractivity contribution in [1.29, 1.82) is 0 Å². The monoisotopic (exact) mass is 209 g/mol. The summed E-state index contributed by atoms with van der Waals surface area (Å²) in [6.45, 7) is 2.82. The minimum Gasteiger partial charge on any atom is -0.378 e. The summed E-state index contributed by atoms with van der Waals surface area (Å²) in [4.78, 5) is 0. The lowest BCUT2D eigenvalue weighted by molar-refractivity contribution is 0.0995. The highest BCUT2D eigenvalue weighted by molar-refractivity contribution is 5.20. The molecule has 0 amide bonds. The Morgan fingerprint density at radius 2 is 2.07 bits per heavy atom. The van der Waals surface area contributed by atoms with Crippen LogP contribution in [0.3, 0.4) is 0 Å². The van der Waals surface area contributed by atoms with E-state index in [-0.39, 0.29) is 18.0 Å². The highest BCUT2D eigenvalue weighted by atomic mass is 19.1. The highest BCUT2D eigenvalue weighted by Gasteiger charge is 2.30. The molecule has 0 saturated carbocycles. The lowest BCUT2D eigenvalue weighted by atomic mass is 9.89. The van der Waals surface area contributed by atoms with Gasteiger partial charge in [-0.2, -0.15) is 0 Å². The van der Waals surface area contributed by atoms with E-state index in [1.54, 1.807) is 12.1 Å². The predicted octanol–water partition coefficient (Wildman–Crippen LogP) is 2.25. The number of hydrogen-bond acceptors (Lipinski definition) is 2. The molecule has 0 radical (unpaired) electrons. The number of nitrogens with two attached hydrogens (primary N) is 1. The average molecular weight is 209 g/mol. The number of ether oxygens (including phenoxy) is 1. The maximum atomic E-state index is 12.7. The first-order chi connectivity index (χ1) is 7.18. The van der Waals surface area contributed by atoms with Crippen LogP contribution in [-0.2, 0) is 4.74 Å². The molecule has 15 heavy (non-hydrogen) atoms. The van der Waals surface area contributed by atoms with Gasteiger partial charge in [0.2, 0.25) is 0 Å². The van der Waals surface area contributed by atoms with Gasteiger partial charge in [-0.25, -0.2) is 4.39 Å². The second-order valence-corrected chi connectivity index (χ2v) is 4.11. The third-order valence-electron chi connectivity index (χ3n) is 3.15. The van der Waals surface area contributed by atoms with Crippen LogP contribution in [-0.4, -0.2) is 12.7 Å². The van der Waals surface area contributed by atoms with Gasteiger partial charge in [0.05, 0.1) is 6.10 Å². The van der Waals surface area contributed by atoms with Gasteiger partial charge in [-0.15, -0.1) is 0 Å². The van der Waals surface area contributed by atoms with Gasteiger partial charge in [-0.05, 0) is 31.0 Å². The third-order valence-corrected chi connectivity index (χ3v) is 3.15. The predicted molar refractivity (Wildman–Crippen MR) is 56.8 cm³/mol. The van der Waals surface area contributed by atoms with Crippen molar-refractivity contribution in [2.45, 2.75) is 25.5 Å². The Bertz CT molecular complexity index is 325. The zero-order chi connectivity index (χ0) is 10.8. The Morgan fingerprint density at radius 1 is 1.40 bits per heavy atom. The van der Waals surface area contributed by atoms with Crippen molar-refractivity contribution < 1.29 is 9.13 Å². The van der Waals surface area contributed by atoms with E-state index in [1.807, 2.05) is 6.92 Å². The van der Waals surface area contributed by atoms with Gasteiger partial charge >= 0.3 is 0 Å². The minimum atomic E-state index is -0.221. The third kappa shape index (κ3) is 2.19. The van der Waals surface area contributed by atoms with E-state index in [1.165, 1.54) is 12.1 Å².